The SMILES string of the molecule is C=CCC[C](c1ccccc1)=[Hf]([CH]1C=CC=C1)[CH]1c2cc(C(C)(C)C)ccc2-c2ccc(C(C)(C)C)cc21. The van der Waals surface area contributed by atoms with Crippen LogP contribution in [0.4, 0.5) is 0 Å². The van der Waals surface area contributed by atoms with E-state index < -0.39 is 21.0 Å². The number of benzene rings is 3. The fourth-order valence-corrected chi connectivity index (χ4v) is 19.9. The first-order valence-corrected chi connectivity index (χ1v) is 20.1. The van der Waals surface area contributed by atoms with Crippen molar-refractivity contribution in [2.24, 2.45) is 0 Å². The van der Waals surface area contributed by atoms with Gasteiger partial charge in [0.25, 0.3) is 0 Å². The number of allylic oxidation sites excluding steroid dienone is 5. The Morgan fingerprint density at radius 3 is 1.76 bits per heavy atom. The topological polar surface area (TPSA) is 0 Å². The van der Waals surface area contributed by atoms with Crippen LogP contribution in [-0.2, 0) is 31.8 Å². The molecule has 3 aromatic rings. The minimum atomic E-state index is -2.69. The molecule has 0 atom stereocenters. The Morgan fingerprint density at radius 2 is 1.29 bits per heavy atom. The van der Waals surface area contributed by atoms with Gasteiger partial charge in [0, 0.05) is 0 Å². The van der Waals surface area contributed by atoms with Crippen molar-refractivity contribution in [1.29, 1.82) is 0 Å². The maximum atomic E-state index is 4.11. The third kappa shape index (κ3) is 5.24. The Kier molecular flexibility index (Phi) is 7.62. The summed E-state index contributed by atoms with van der Waals surface area (Å²) in [5.74, 6) is 0. The summed E-state index contributed by atoms with van der Waals surface area (Å²) in [5, 5.41) is 0. The molecular weight excluding hydrogens is 623 g/mol. The van der Waals surface area contributed by atoms with Crippen LogP contribution in [0.3, 0.4) is 0 Å². The Hall–Kier alpha value is -2.38. The molecule has 0 aromatic heterocycles. The number of rotatable bonds is 6. The zero-order valence-electron chi connectivity index (χ0n) is 24.0. The fraction of sp³-hybridized carbons (Fsp3) is 0.324. The molecule has 0 saturated heterocycles. The van der Waals surface area contributed by atoms with Crippen molar-refractivity contribution in [3.63, 3.8) is 0 Å². The maximum absolute atomic E-state index is 4.11. The molecule has 3 aromatic carbocycles. The second kappa shape index (κ2) is 10.6. The molecule has 0 saturated carbocycles. The second-order valence-corrected chi connectivity index (χ2v) is 22.9. The molecule has 38 heavy (non-hydrogen) atoms. The molecule has 2 aliphatic rings. The zero-order chi connectivity index (χ0) is 27.1. The van der Waals surface area contributed by atoms with Gasteiger partial charge in [0.05, 0.1) is 0 Å². The Morgan fingerprint density at radius 1 is 0.763 bits per heavy atom. The van der Waals surface area contributed by atoms with Crippen molar-refractivity contribution >= 4 is 3.26 Å². The summed E-state index contributed by atoms with van der Waals surface area (Å²) in [6.45, 7) is 18.2. The molecule has 0 heterocycles. The first-order chi connectivity index (χ1) is 18.1. The molecule has 0 N–H and O–H groups in total. The van der Waals surface area contributed by atoms with Crippen molar-refractivity contribution in [1.82, 2.24) is 0 Å². The van der Waals surface area contributed by atoms with E-state index in [1.165, 1.54) is 27.8 Å². The standard InChI is InChI=1S/C21H25.C11H12.C5H5.Hf/c1-20(2,3)16-7-9-18-14(12-16)11-15-13-17(21(4,5)6)8-10-19(15)18;1-2-3-5-8-11-9-6-4-7-10-11;1-2-4-5-3-1;/h7-13H,1-6H3;2,4,6-7,9-10H,1,3,5H2;1-5H;. The van der Waals surface area contributed by atoms with Gasteiger partial charge in [-0.25, -0.2) is 0 Å². The molecule has 0 unspecified atom stereocenters. The monoisotopic (exact) mass is 666 g/mol. The van der Waals surface area contributed by atoms with Crippen LogP contribution in [0.25, 0.3) is 11.1 Å². The quantitative estimate of drug-likeness (QED) is 0.182. The molecular formula is C37H42Hf. The van der Waals surface area contributed by atoms with E-state index in [0.29, 0.717) is 7.35 Å². The first-order valence-electron chi connectivity index (χ1n) is 14.1. The van der Waals surface area contributed by atoms with Crippen LogP contribution >= 0.6 is 0 Å². The molecule has 1 heteroatoms. The van der Waals surface area contributed by atoms with Crippen LogP contribution in [0, 0.1) is 0 Å². The average Bonchev–Trinajstić information content (AvgIpc) is 3.52. The summed E-state index contributed by atoms with van der Waals surface area (Å²) in [6.07, 6.45) is 13.9. The van der Waals surface area contributed by atoms with E-state index in [2.05, 4.69) is 145 Å². The molecule has 0 spiro atoms. The third-order valence-corrected chi connectivity index (χ3v) is 21.1. The van der Waals surface area contributed by atoms with Gasteiger partial charge in [0.1, 0.15) is 0 Å². The average molecular weight is 665 g/mol. The minimum absolute atomic E-state index is 0.123. The Bertz CT molecular complexity index is 1360. The van der Waals surface area contributed by atoms with E-state index in [1.807, 2.05) is 0 Å². The predicted molar refractivity (Wildman–Crippen MR) is 163 cm³/mol. The molecule has 5 rings (SSSR count). The first kappa shape index (κ1) is 27.2. The zero-order valence-corrected chi connectivity index (χ0v) is 27.6. The van der Waals surface area contributed by atoms with Gasteiger partial charge in [-0.1, -0.05) is 0 Å². The number of fused-ring (bicyclic) bond motifs is 3. The second-order valence-electron chi connectivity index (χ2n) is 13.0. The van der Waals surface area contributed by atoms with Crippen molar-refractivity contribution in [2.75, 3.05) is 0 Å². The number of hydrogen-bond acceptors (Lipinski definition) is 0. The summed E-state index contributed by atoms with van der Waals surface area (Å²) in [6, 6.07) is 26.1. The van der Waals surface area contributed by atoms with Gasteiger partial charge in [-0.05, 0) is 0 Å². The van der Waals surface area contributed by atoms with Crippen molar-refractivity contribution in [2.45, 2.75) is 72.6 Å². The van der Waals surface area contributed by atoms with Crippen molar-refractivity contribution < 1.29 is 21.0 Å². The van der Waals surface area contributed by atoms with Crippen LogP contribution in [0.2, 0.25) is 3.67 Å². The van der Waals surface area contributed by atoms with E-state index in [0.717, 1.165) is 12.8 Å². The van der Waals surface area contributed by atoms with E-state index in [4.69, 9.17) is 0 Å². The van der Waals surface area contributed by atoms with E-state index in [9.17, 15) is 0 Å². The molecule has 0 bridgehead atoms. The van der Waals surface area contributed by atoms with Gasteiger partial charge in [0.15, 0.2) is 0 Å². The molecule has 2 aliphatic carbocycles. The summed E-state index contributed by atoms with van der Waals surface area (Å²) in [7, 11) is 0. The van der Waals surface area contributed by atoms with Gasteiger partial charge < -0.3 is 0 Å². The molecule has 0 aliphatic heterocycles. The van der Waals surface area contributed by atoms with Gasteiger partial charge in [0.2, 0.25) is 0 Å². The van der Waals surface area contributed by atoms with Crippen LogP contribution in [-0.4, -0.2) is 3.26 Å². The van der Waals surface area contributed by atoms with E-state index >= 15 is 0 Å². The van der Waals surface area contributed by atoms with Gasteiger partial charge in [-0.3, -0.25) is 0 Å². The van der Waals surface area contributed by atoms with Crippen LogP contribution in [0.15, 0.2) is 104 Å². The van der Waals surface area contributed by atoms with Gasteiger partial charge in [-0.15, -0.1) is 0 Å². The van der Waals surface area contributed by atoms with Crippen LogP contribution < -0.4 is 0 Å². The molecule has 0 fully saturated rings. The summed E-state index contributed by atoms with van der Waals surface area (Å²) in [5.41, 5.74) is 10.7. The summed E-state index contributed by atoms with van der Waals surface area (Å²) >= 11 is -2.69. The van der Waals surface area contributed by atoms with Gasteiger partial charge >= 0.3 is 239 Å². The van der Waals surface area contributed by atoms with Crippen molar-refractivity contribution in [3.05, 3.63) is 132 Å². The Balaban J connectivity index is 1.86. The van der Waals surface area contributed by atoms with E-state index in [-0.39, 0.29) is 10.8 Å². The summed E-state index contributed by atoms with van der Waals surface area (Å²) in [4.78, 5) is 0. The van der Waals surface area contributed by atoms with Crippen molar-refractivity contribution in [3.8, 4) is 11.1 Å². The summed E-state index contributed by atoms with van der Waals surface area (Å²) < 4.78 is 2.83. The third-order valence-electron chi connectivity index (χ3n) is 8.23. The van der Waals surface area contributed by atoms with Crippen LogP contribution in [0.1, 0.15) is 85.9 Å². The Labute approximate surface area is 238 Å². The number of hydrogen-bond donors (Lipinski definition) is 0. The molecule has 194 valence electrons. The molecule has 0 amide bonds. The normalized spacial score (nSPS) is 15.9. The van der Waals surface area contributed by atoms with E-state index in [1.54, 1.807) is 14.4 Å². The van der Waals surface area contributed by atoms with Crippen LogP contribution in [0.5, 0.6) is 0 Å². The molecule has 0 radical (unpaired) electrons. The predicted octanol–water partition coefficient (Wildman–Crippen LogP) is 10.1. The fourth-order valence-electron chi connectivity index (χ4n) is 6.08. The van der Waals surface area contributed by atoms with Gasteiger partial charge in [-0.2, -0.15) is 0 Å². The molecule has 0 nitrogen and oxygen atoms in total.